The third kappa shape index (κ3) is 4.79. The van der Waals surface area contributed by atoms with Gasteiger partial charge < -0.3 is 20.1 Å². The van der Waals surface area contributed by atoms with Crippen molar-refractivity contribution in [2.45, 2.75) is 38.5 Å². The van der Waals surface area contributed by atoms with Crippen molar-refractivity contribution in [1.29, 1.82) is 0 Å². The first-order chi connectivity index (χ1) is 13.3. The molecule has 0 spiro atoms. The normalized spacial score (nSPS) is 18.3. The van der Waals surface area contributed by atoms with Gasteiger partial charge >= 0.3 is 6.09 Å². The zero-order valence-electron chi connectivity index (χ0n) is 16.8. The first-order valence-electron chi connectivity index (χ1n) is 9.43. The Morgan fingerprint density at radius 1 is 1.43 bits per heavy atom. The molecular formula is C20H28N4O3S. The summed E-state index contributed by atoms with van der Waals surface area (Å²) in [6.45, 7) is 8.06. The van der Waals surface area contributed by atoms with Gasteiger partial charge in [0.05, 0.1) is 18.3 Å². The van der Waals surface area contributed by atoms with Crippen LogP contribution in [0.1, 0.15) is 27.2 Å². The molecular weight excluding hydrogens is 376 g/mol. The van der Waals surface area contributed by atoms with Crippen LogP contribution in [0.5, 0.6) is 5.88 Å². The van der Waals surface area contributed by atoms with Gasteiger partial charge in [0.1, 0.15) is 5.52 Å². The van der Waals surface area contributed by atoms with Gasteiger partial charge in [-0.2, -0.15) is 11.8 Å². The fraction of sp³-hybridized carbons (Fsp3) is 0.550. The Labute approximate surface area is 169 Å². The van der Waals surface area contributed by atoms with E-state index in [0.717, 1.165) is 42.0 Å². The van der Waals surface area contributed by atoms with Crippen molar-refractivity contribution in [3.05, 3.63) is 24.4 Å². The number of aromatic nitrogens is 2. The largest absolute Gasteiger partial charge is 0.481 e. The lowest BCUT2D eigenvalue weighted by Gasteiger charge is -2.31. The number of nitrogens with zero attached hydrogens (tertiary/aromatic N) is 3. The third-order valence-electron chi connectivity index (χ3n) is 5.07. The minimum Gasteiger partial charge on any atom is -0.481 e. The molecule has 1 amide bonds. The fourth-order valence-corrected chi connectivity index (χ4v) is 4.94. The predicted octanol–water partition coefficient (Wildman–Crippen LogP) is 3.63. The predicted molar refractivity (Wildman–Crippen MR) is 114 cm³/mol. The van der Waals surface area contributed by atoms with Crippen molar-refractivity contribution in [1.82, 2.24) is 15.3 Å². The highest BCUT2D eigenvalue weighted by atomic mass is 32.2. The second-order valence-corrected chi connectivity index (χ2v) is 9.44. The molecule has 2 unspecified atom stereocenters. The summed E-state index contributed by atoms with van der Waals surface area (Å²) in [5.74, 6) is 1.34. The van der Waals surface area contributed by atoms with E-state index in [0.29, 0.717) is 11.1 Å². The molecule has 3 heterocycles. The quantitative estimate of drug-likeness (QED) is 0.760. The number of anilines is 1. The number of ether oxygens (including phenoxy) is 1. The second kappa shape index (κ2) is 8.43. The van der Waals surface area contributed by atoms with Gasteiger partial charge in [0.2, 0.25) is 5.88 Å². The number of fused-ring (bicyclic) bond motifs is 1. The highest BCUT2D eigenvalue weighted by Crippen LogP contribution is 2.33. The minimum atomic E-state index is -0.961. The van der Waals surface area contributed by atoms with Crippen LogP contribution in [0.3, 0.4) is 0 Å². The summed E-state index contributed by atoms with van der Waals surface area (Å²) in [4.78, 5) is 22.5. The number of hydrogen-bond donors (Lipinski definition) is 2. The molecule has 28 heavy (non-hydrogen) atoms. The molecule has 1 saturated heterocycles. The van der Waals surface area contributed by atoms with Gasteiger partial charge in [0.15, 0.2) is 0 Å². The number of hydrogen-bond acceptors (Lipinski definition) is 6. The number of amides is 1. The van der Waals surface area contributed by atoms with Gasteiger partial charge in [-0.05, 0) is 24.0 Å². The summed E-state index contributed by atoms with van der Waals surface area (Å²) < 4.78 is 5.27. The SMILES string of the molecule is COc1ccc2nccc(N3CCC(SCC(NC(=O)O)C(C)(C)C)C3)c2n1. The Morgan fingerprint density at radius 3 is 2.89 bits per heavy atom. The second-order valence-electron chi connectivity index (χ2n) is 8.11. The first kappa shape index (κ1) is 20.5. The maximum atomic E-state index is 11.1. The van der Waals surface area contributed by atoms with Crippen molar-refractivity contribution in [2.24, 2.45) is 5.41 Å². The van der Waals surface area contributed by atoms with Crippen molar-refractivity contribution < 1.29 is 14.6 Å². The highest BCUT2D eigenvalue weighted by molar-refractivity contribution is 8.00. The molecule has 2 atom stereocenters. The molecule has 1 aliphatic rings. The molecule has 2 N–H and O–H groups in total. The molecule has 0 saturated carbocycles. The molecule has 1 aliphatic heterocycles. The van der Waals surface area contributed by atoms with E-state index >= 15 is 0 Å². The summed E-state index contributed by atoms with van der Waals surface area (Å²) in [6.07, 6.45) is 1.91. The maximum absolute atomic E-state index is 11.1. The molecule has 0 radical (unpaired) electrons. The first-order valence-corrected chi connectivity index (χ1v) is 10.5. The summed E-state index contributed by atoms with van der Waals surface area (Å²) in [7, 11) is 1.61. The van der Waals surface area contributed by atoms with E-state index in [4.69, 9.17) is 9.84 Å². The molecule has 0 bridgehead atoms. The molecule has 2 aromatic rings. The number of rotatable bonds is 6. The van der Waals surface area contributed by atoms with E-state index in [1.165, 1.54) is 0 Å². The van der Waals surface area contributed by atoms with E-state index in [1.807, 2.05) is 36.2 Å². The van der Waals surface area contributed by atoms with E-state index in [2.05, 4.69) is 41.0 Å². The zero-order valence-corrected chi connectivity index (χ0v) is 17.6. The number of methoxy groups -OCH3 is 1. The Bertz CT molecular complexity index is 840. The van der Waals surface area contributed by atoms with Crippen LogP contribution in [0.15, 0.2) is 24.4 Å². The van der Waals surface area contributed by atoms with Crippen molar-refractivity contribution in [3.63, 3.8) is 0 Å². The summed E-state index contributed by atoms with van der Waals surface area (Å²) >= 11 is 1.84. The van der Waals surface area contributed by atoms with Crippen LogP contribution < -0.4 is 15.0 Å². The molecule has 0 aromatic carbocycles. The molecule has 0 aliphatic carbocycles. The number of pyridine rings is 2. The Kier molecular flexibility index (Phi) is 6.17. The topological polar surface area (TPSA) is 87.6 Å². The van der Waals surface area contributed by atoms with Crippen LogP contribution in [-0.2, 0) is 0 Å². The number of carbonyl (C=O) groups is 1. The summed E-state index contributed by atoms with van der Waals surface area (Å²) in [5, 5.41) is 12.2. The lowest BCUT2D eigenvalue weighted by atomic mass is 9.88. The van der Waals surface area contributed by atoms with Crippen LogP contribution in [0.2, 0.25) is 0 Å². The Hall–Kier alpha value is -2.22. The van der Waals surface area contributed by atoms with Crippen LogP contribution in [-0.4, -0.2) is 58.4 Å². The highest BCUT2D eigenvalue weighted by Gasteiger charge is 2.30. The molecule has 1 fully saturated rings. The van der Waals surface area contributed by atoms with Crippen molar-refractivity contribution in [2.75, 3.05) is 30.9 Å². The Balaban J connectivity index is 1.68. The van der Waals surface area contributed by atoms with Crippen LogP contribution in [0, 0.1) is 5.41 Å². The lowest BCUT2D eigenvalue weighted by Crippen LogP contribution is -2.45. The number of carboxylic acid groups (broad SMARTS) is 1. The van der Waals surface area contributed by atoms with Gasteiger partial charge in [-0.15, -0.1) is 0 Å². The smallest absolute Gasteiger partial charge is 0.404 e. The van der Waals surface area contributed by atoms with Crippen LogP contribution >= 0.6 is 11.8 Å². The summed E-state index contributed by atoms with van der Waals surface area (Å²) in [6, 6.07) is 5.67. The Morgan fingerprint density at radius 2 is 2.21 bits per heavy atom. The molecule has 2 aromatic heterocycles. The number of thioether (sulfide) groups is 1. The van der Waals surface area contributed by atoms with Crippen LogP contribution in [0.4, 0.5) is 10.5 Å². The average Bonchev–Trinajstić information content (AvgIpc) is 3.11. The molecule has 3 rings (SSSR count). The molecule has 7 nitrogen and oxygen atoms in total. The van der Waals surface area contributed by atoms with Gasteiger partial charge in [-0.1, -0.05) is 20.8 Å². The van der Waals surface area contributed by atoms with Gasteiger partial charge in [-0.3, -0.25) is 4.98 Å². The monoisotopic (exact) mass is 404 g/mol. The summed E-state index contributed by atoms with van der Waals surface area (Å²) in [5.41, 5.74) is 2.66. The standard InChI is InChI=1S/C20H28N4O3S/c1-20(2,3)16(22-19(25)26)12-28-13-8-10-24(11-13)15-7-9-21-14-5-6-17(27-4)23-18(14)15/h5-7,9,13,16,22H,8,10-12H2,1-4H3,(H,25,26). The van der Waals surface area contributed by atoms with Gasteiger partial charge in [0.25, 0.3) is 0 Å². The van der Waals surface area contributed by atoms with Crippen molar-refractivity contribution in [3.8, 4) is 5.88 Å². The number of nitrogens with one attached hydrogen (secondary N) is 1. The fourth-order valence-electron chi connectivity index (χ4n) is 3.34. The maximum Gasteiger partial charge on any atom is 0.404 e. The minimum absolute atomic E-state index is 0.0864. The zero-order chi connectivity index (χ0) is 20.3. The van der Waals surface area contributed by atoms with Crippen LogP contribution in [0.25, 0.3) is 11.0 Å². The van der Waals surface area contributed by atoms with E-state index in [1.54, 1.807) is 7.11 Å². The van der Waals surface area contributed by atoms with E-state index < -0.39 is 6.09 Å². The van der Waals surface area contributed by atoms with Gasteiger partial charge in [0, 0.05) is 42.4 Å². The average molecular weight is 405 g/mol. The molecule has 152 valence electrons. The molecule has 8 heteroatoms. The van der Waals surface area contributed by atoms with Gasteiger partial charge in [-0.25, -0.2) is 9.78 Å². The van der Waals surface area contributed by atoms with E-state index in [-0.39, 0.29) is 11.5 Å². The van der Waals surface area contributed by atoms with Crippen molar-refractivity contribution >= 4 is 34.6 Å². The van der Waals surface area contributed by atoms with E-state index in [9.17, 15) is 4.79 Å². The third-order valence-corrected chi connectivity index (χ3v) is 6.46. The lowest BCUT2D eigenvalue weighted by molar-refractivity contribution is 0.179.